The normalized spacial score (nSPS) is 23.2. The Hall–Kier alpha value is -0.540. The number of nitrogens with zero attached hydrogens (tertiary/aromatic N) is 1. The van der Waals surface area contributed by atoms with Crippen LogP contribution in [0.2, 0.25) is 0 Å². The second kappa shape index (κ2) is 5.22. The molecule has 0 bridgehead atoms. The summed E-state index contributed by atoms with van der Waals surface area (Å²) < 4.78 is 1.19. The number of hydrogen-bond donors (Lipinski definition) is 1. The molecular weight excluding hydrogens is 288 g/mol. The maximum absolute atomic E-state index is 5.94. The first-order valence-electron chi connectivity index (χ1n) is 6.70. The van der Waals surface area contributed by atoms with E-state index in [1.54, 1.807) is 0 Å². The predicted octanol–water partition coefficient (Wildman–Crippen LogP) is 3.71. The summed E-state index contributed by atoms with van der Waals surface area (Å²) in [6.07, 6.45) is 2.48. The van der Waals surface area contributed by atoms with Gasteiger partial charge < -0.3 is 10.6 Å². The molecule has 18 heavy (non-hydrogen) atoms. The summed E-state index contributed by atoms with van der Waals surface area (Å²) in [5.74, 6) is 0.575. The SMILES string of the molecule is Cc1ccc(N2CCCC(CN)C2(C)C)cc1Br. The lowest BCUT2D eigenvalue weighted by molar-refractivity contribution is 0.244. The van der Waals surface area contributed by atoms with Gasteiger partial charge in [-0.05, 0) is 63.8 Å². The number of benzene rings is 1. The Labute approximate surface area is 119 Å². The standard InChI is InChI=1S/C15H23BrN2/c1-11-6-7-13(9-14(11)16)18-8-4-5-12(10-17)15(18,2)3/h6-7,9,12H,4-5,8,10,17H2,1-3H3. The highest BCUT2D eigenvalue weighted by Crippen LogP contribution is 2.37. The summed E-state index contributed by atoms with van der Waals surface area (Å²) in [6.45, 7) is 8.66. The minimum atomic E-state index is 0.141. The lowest BCUT2D eigenvalue weighted by Gasteiger charge is -2.49. The van der Waals surface area contributed by atoms with Gasteiger partial charge in [0.2, 0.25) is 0 Å². The van der Waals surface area contributed by atoms with Gasteiger partial charge in [0.05, 0.1) is 0 Å². The molecule has 1 heterocycles. The van der Waals surface area contributed by atoms with E-state index < -0.39 is 0 Å². The third kappa shape index (κ3) is 2.43. The summed E-state index contributed by atoms with van der Waals surface area (Å²) in [5, 5.41) is 0. The first-order valence-corrected chi connectivity index (χ1v) is 7.50. The molecule has 1 fully saturated rings. The molecule has 1 aliphatic rings. The molecule has 1 aromatic carbocycles. The molecule has 2 nitrogen and oxygen atoms in total. The second-order valence-corrected chi connectivity index (χ2v) is 6.67. The van der Waals surface area contributed by atoms with Gasteiger partial charge in [-0.15, -0.1) is 0 Å². The minimum Gasteiger partial charge on any atom is -0.366 e. The fourth-order valence-electron chi connectivity index (χ4n) is 2.98. The van der Waals surface area contributed by atoms with E-state index in [9.17, 15) is 0 Å². The summed E-state index contributed by atoms with van der Waals surface area (Å²) in [4.78, 5) is 2.51. The molecule has 1 unspecified atom stereocenters. The fraction of sp³-hybridized carbons (Fsp3) is 0.600. The molecule has 1 aliphatic heterocycles. The summed E-state index contributed by atoms with van der Waals surface area (Å²) in [7, 11) is 0. The van der Waals surface area contributed by atoms with Crippen molar-refractivity contribution in [1.29, 1.82) is 0 Å². The number of aryl methyl sites for hydroxylation is 1. The Morgan fingerprint density at radius 2 is 2.17 bits per heavy atom. The van der Waals surface area contributed by atoms with Gasteiger partial charge in [-0.2, -0.15) is 0 Å². The molecule has 0 amide bonds. The summed E-state index contributed by atoms with van der Waals surface area (Å²) >= 11 is 3.63. The Kier molecular flexibility index (Phi) is 4.02. The van der Waals surface area contributed by atoms with Crippen LogP contribution in [0.4, 0.5) is 5.69 Å². The highest BCUT2D eigenvalue weighted by Gasteiger charge is 2.37. The molecule has 1 saturated heterocycles. The maximum atomic E-state index is 5.94. The molecule has 0 aliphatic carbocycles. The number of halogens is 1. The van der Waals surface area contributed by atoms with Gasteiger partial charge in [-0.1, -0.05) is 22.0 Å². The third-order valence-electron chi connectivity index (χ3n) is 4.38. The first-order chi connectivity index (χ1) is 8.46. The van der Waals surface area contributed by atoms with Crippen LogP contribution < -0.4 is 10.6 Å². The maximum Gasteiger partial charge on any atom is 0.0386 e. The van der Waals surface area contributed by atoms with Crippen LogP contribution in [0.1, 0.15) is 32.3 Å². The highest BCUT2D eigenvalue weighted by molar-refractivity contribution is 9.10. The van der Waals surface area contributed by atoms with E-state index in [1.165, 1.54) is 28.6 Å². The molecule has 0 radical (unpaired) electrons. The van der Waals surface area contributed by atoms with Crippen molar-refractivity contribution in [3.05, 3.63) is 28.2 Å². The highest BCUT2D eigenvalue weighted by atomic mass is 79.9. The molecule has 0 spiro atoms. The van der Waals surface area contributed by atoms with E-state index in [2.05, 4.69) is 59.8 Å². The van der Waals surface area contributed by atoms with Gasteiger partial charge in [0.1, 0.15) is 0 Å². The Balaban J connectivity index is 2.33. The Morgan fingerprint density at radius 3 is 2.78 bits per heavy atom. The summed E-state index contributed by atoms with van der Waals surface area (Å²) in [5.41, 5.74) is 8.66. The van der Waals surface area contributed by atoms with Crippen molar-refractivity contribution in [2.24, 2.45) is 11.7 Å². The molecule has 1 atom stereocenters. The van der Waals surface area contributed by atoms with Crippen LogP contribution in [0, 0.1) is 12.8 Å². The van der Waals surface area contributed by atoms with Crippen molar-refractivity contribution in [3.8, 4) is 0 Å². The molecule has 0 aromatic heterocycles. The molecular formula is C15H23BrN2. The van der Waals surface area contributed by atoms with Gasteiger partial charge in [0, 0.05) is 22.2 Å². The topological polar surface area (TPSA) is 29.3 Å². The van der Waals surface area contributed by atoms with Gasteiger partial charge in [0.15, 0.2) is 0 Å². The van der Waals surface area contributed by atoms with Crippen LogP contribution in [-0.2, 0) is 0 Å². The monoisotopic (exact) mass is 310 g/mol. The van der Waals surface area contributed by atoms with E-state index >= 15 is 0 Å². The zero-order valence-electron chi connectivity index (χ0n) is 11.5. The van der Waals surface area contributed by atoms with E-state index in [-0.39, 0.29) is 5.54 Å². The smallest absolute Gasteiger partial charge is 0.0386 e. The largest absolute Gasteiger partial charge is 0.366 e. The number of rotatable bonds is 2. The van der Waals surface area contributed by atoms with Crippen molar-refractivity contribution in [2.75, 3.05) is 18.0 Å². The fourth-order valence-corrected chi connectivity index (χ4v) is 3.34. The van der Waals surface area contributed by atoms with Crippen LogP contribution >= 0.6 is 15.9 Å². The zero-order chi connectivity index (χ0) is 13.3. The van der Waals surface area contributed by atoms with Crippen LogP contribution in [0.5, 0.6) is 0 Å². The average molecular weight is 311 g/mol. The zero-order valence-corrected chi connectivity index (χ0v) is 13.1. The number of anilines is 1. The molecule has 100 valence electrons. The lowest BCUT2D eigenvalue weighted by atomic mass is 9.78. The van der Waals surface area contributed by atoms with Crippen LogP contribution in [-0.4, -0.2) is 18.6 Å². The molecule has 3 heteroatoms. The lowest BCUT2D eigenvalue weighted by Crippen LogP contribution is -2.55. The van der Waals surface area contributed by atoms with Crippen LogP contribution in [0.15, 0.2) is 22.7 Å². The minimum absolute atomic E-state index is 0.141. The van der Waals surface area contributed by atoms with Crippen LogP contribution in [0.25, 0.3) is 0 Å². The number of nitrogens with two attached hydrogens (primary N) is 1. The Bertz CT molecular complexity index is 429. The predicted molar refractivity (Wildman–Crippen MR) is 82.1 cm³/mol. The van der Waals surface area contributed by atoms with Crippen molar-refractivity contribution in [1.82, 2.24) is 0 Å². The second-order valence-electron chi connectivity index (χ2n) is 5.81. The number of hydrogen-bond acceptors (Lipinski definition) is 2. The molecule has 1 aromatic rings. The van der Waals surface area contributed by atoms with Crippen molar-refractivity contribution in [3.63, 3.8) is 0 Å². The summed E-state index contributed by atoms with van der Waals surface area (Å²) in [6, 6.07) is 6.64. The molecule has 2 rings (SSSR count). The molecule has 0 saturated carbocycles. The van der Waals surface area contributed by atoms with E-state index in [0.29, 0.717) is 5.92 Å². The Morgan fingerprint density at radius 1 is 1.44 bits per heavy atom. The van der Waals surface area contributed by atoms with E-state index in [4.69, 9.17) is 5.73 Å². The molecule has 2 N–H and O–H groups in total. The van der Waals surface area contributed by atoms with E-state index in [1.807, 2.05) is 0 Å². The number of piperidine rings is 1. The van der Waals surface area contributed by atoms with Crippen molar-refractivity contribution >= 4 is 21.6 Å². The van der Waals surface area contributed by atoms with E-state index in [0.717, 1.165) is 13.1 Å². The first kappa shape index (κ1) is 13.9. The third-order valence-corrected chi connectivity index (χ3v) is 5.23. The van der Waals surface area contributed by atoms with Crippen LogP contribution in [0.3, 0.4) is 0 Å². The van der Waals surface area contributed by atoms with Gasteiger partial charge in [0.25, 0.3) is 0 Å². The quantitative estimate of drug-likeness (QED) is 0.902. The van der Waals surface area contributed by atoms with Gasteiger partial charge in [-0.25, -0.2) is 0 Å². The average Bonchev–Trinajstić information content (AvgIpc) is 2.32. The van der Waals surface area contributed by atoms with Gasteiger partial charge >= 0.3 is 0 Å². The van der Waals surface area contributed by atoms with Crippen molar-refractivity contribution in [2.45, 2.75) is 39.2 Å². The van der Waals surface area contributed by atoms with Crippen molar-refractivity contribution < 1.29 is 0 Å². The van der Waals surface area contributed by atoms with Gasteiger partial charge in [-0.3, -0.25) is 0 Å².